The Kier molecular flexibility index (Phi) is 5.88. The third-order valence-electron chi connectivity index (χ3n) is 4.50. The molecule has 7 nitrogen and oxygen atoms in total. The van der Waals surface area contributed by atoms with Crippen LogP contribution in [0.15, 0.2) is 18.2 Å². The number of nitrogens with one attached hydrogen (secondary N) is 1. The molecule has 0 aliphatic carbocycles. The van der Waals surface area contributed by atoms with Crippen LogP contribution in [0.25, 0.3) is 11.0 Å². The maximum Gasteiger partial charge on any atom is 0.223 e. The molecule has 3 rings (SSSR count). The first-order valence-corrected chi connectivity index (χ1v) is 8.80. The lowest BCUT2D eigenvalue weighted by atomic mass is 10.3. The molecule has 25 heavy (non-hydrogen) atoms. The Morgan fingerprint density at radius 2 is 2.32 bits per heavy atom. The Bertz CT molecular complexity index is 709. The predicted molar refractivity (Wildman–Crippen MR) is 95.4 cm³/mol. The normalized spacial score (nSPS) is 15.4. The van der Waals surface area contributed by atoms with Gasteiger partial charge >= 0.3 is 0 Å². The molecule has 1 aromatic carbocycles. The van der Waals surface area contributed by atoms with E-state index in [1.165, 1.54) is 0 Å². The maximum atomic E-state index is 12.3. The molecule has 1 aliphatic rings. The number of H-pyrrole nitrogens is 1. The van der Waals surface area contributed by atoms with E-state index >= 15 is 0 Å². The van der Waals surface area contributed by atoms with Crippen molar-refractivity contribution in [2.75, 3.05) is 40.4 Å². The number of hydroxylamine groups is 2. The van der Waals surface area contributed by atoms with Crippen LogP contribution in [-0.2, 0) is 16.1 Å². The maximum absolute atomic E-state index is 12.3. The van der Waals surface area contributed by atoms with Crippen molar-refractivity contribution >= 4 is 16.9 Å². The first-order valence-electron chi connectivity index (χ1n) is 8.80. The summed E-state index contributed by atoms with van der Waals surface area (Å²) in [6.45, 7) is 2.98. The van der Waals surface area contributed by atoms with E-state index in [0.29, 0.717) is 25.9 Å². The summed E-state index contributed by atoms with van der Waals surface area (Å²) in [7, 11) is 3.49. The Morgan fingerprint density at radius 3 is 3.08 bits per heavy atom. The number of ether oxygens (including phenoxy) is 1. The van der Waals surface area contributed by atoms with Crippen molar-refractivity contribution in [1.82, 2.24) is 19.9 Å². The standard InChI is InChI=1S/C18H26N4O3/c1-21(18(23)8-11-22-9-3-4-12-25-22)10-7-17-19-15-6-5-14(24-2)13-16(15)20-17/h5-6,13H,3-4,7-12H2,1-2H3,(H,19,20). The minimum Gasteiger partial charge on any atom is -0.497 e. The summed E-state index contributed by atoms with van der Waals surface area (Å²) in [5.41, 5.74) is 1.86. The van der Waals surface area contributed by atoms with Gasteiger partial charge in [0.2, 0.25) is 5.91 Å². The Balaban J connectivity index is 1.47. The SMILES string of the molecule is COc1ccc2nc(CCN(C)C(=O)CCN3CCCCO3)[nH]c2c1. The van der Waals surface area contributed by atoms with E-state index in [1.54, 1.807) is 12.0 Å². The zero-order valence-electron chi connectivity index (χ0n) is 15.0. The number of amides is 1. The Hall–Kier alpha value is -2.12. The molecule has 1 fully saturated rings. The van der Waals surface area contributed by atoms with Gasteiger partial charge in [0.05, 0.1) is 24.8 Å². The number of hydrogen-bond donors (Lipinski definition) is 1. The molecule has 0 atom stereocenters. The topological polar surface area (TPSA) is 70.7 Å². The van der Waals surface area contributed by atoms with E-state index in [9.17, 15) is 4.79 Å². The summed E-state index contributed by atoms with van der Waals surface area (Å²) >= 11 is 0. The minimum absolute atomic E-state index is 0.131. The van der Waals surface area contributed by atoms with Crippen molar-refractivity contribution in [3.05, 3.63) is 24.0 Å². The zero-order chi connectivity index (χ0) is 17.6. The summed E-state index contributed by atoms with van der Waals surface area (Å²) < 4.78 is 5.22. The second kappa shape index (κ2) is 8.31. The van der Waals surface area contributed by atoms with Gasteiger partial charge in [-0.2, -0.15) is 5.06 Å². The fourth-order valence-corrected chi connectivity index (χ4v) is 2.92. The number of imidazole rings is 1. The number of aromatic amines is 1. The number of carbonyl (C=O) groups is 1. The van der Waals surface area contributed by atoms with Crippen LogP contribution in [0.1, 0.15) is 25.1 Å². The summed E-state index contributed by atoms with van der Waals surface area (Å²) in [6.07, 6.45) is 3.42. The van der Waals surface area contributed by atoms with Gasteiger partial charge in [0.15, 0.2) is 0 Å². The molecule has 136 valence electrons. The average Bonchev–Trinajstić information content (AvgIpc) is 3.06. The number of aromatic nitrogens is 2. The monoisotopic (exact) mass is 346 g/mol. The van der Waals surface area contributed by atoms with Gasteiger partial charge in [-0.3, -0.25) is 9.63 Å². The molecule has 2 heterocycles. The summed E-state index contributed by atoms with van der Waals surface area (Å²) in [6, 6.07) is 5.76. The van der Waals surface area contributed by atoms with Crippen molar-refractivity contribution in [3.63, 3.8) is 0 Å². The number of methoxy groups -OCH3 is 1. The molecular weight excluding hydrogens is 320 g/mol. The molecular formula is C18H26N4O3. The van der Waals surface area contributed by atoms with Crippen LogP contribution in [0.2, 0.25) is 0 Å². The van der Waals surface area contributed by atoms with Gasteiger partial charge in [0, 0.05) is 45.6 Å². The van der Waals surface area contributed by atoms with Gasteiger partial charge in [-0.05, 0) is 25.0 Å². The number of rotatable bonds is 7. The molecule has 2 aromatic rings. The van der Waals surface area contributed by atoms with E-state index in [2.05, 4.69) is 9.97 Å². The highest BCUT2D eigenvalue weighted by Gasteiger charge is 2.15. The third kappa shape index (κ3) is 4.70. The van der Waals surface area contributed by atoms with E-state index in [1.807, 2.05) is 30.3 Å². The molecule has 1 amide bonds. The third-order valence-corrected chi connectivity index (χ3v) is 4.50. The molecule has 1 N–H and O–H groups in total. The van der Waals surface area contributed by atoms with Gasteiger partial charge < -0.3 is 14.6 Å². The van der Waals surface area contributed by atoms with Crippen molar-refractivity contribution in [2.45, 2.75) is 25.7 Å². The second-order valence-electron chi connectivity index (χ2n) is 6.35. The van der Waals surface area contributed by atoms with Gasteiger partial charge in [-0.15, -0.1) is 0 Å². The molecule has 7 heteroatoms. The number of nitrogens with zero attached hydrogens (tertiary/aromatic N) is 3. The molecule has 0 unspecified atom stereocenters. The largest absolute Gasteiger partial charge is 0.497 e. The lowest BCUT2D eigenvalue weighted by molar-refractivity contribution is -0.182. The van der Waals surface area contributed by atoms with Gasteiger partial charge in [0.1, 0.15) is 11.6 Å². The van der Waals surface area contributed by atoms with Crippen LogP contribution in [0.4, 0.5) is 0 Å². The van der Waals surface area contributed by atoms with Crippen LogP contribution in [0.3, 0.4) is 0 Å². The molecule has 0 radical (unpaired) electrons. The second-order valence-corrected chi connectivity index (χ2v) is 6.35. The molecule has 1 aromatic heterocycles. The van der Waals surface area contributed by atoms with Crippen LogP contribution in [-0.4, -0.2) is 66.2 Å². The van der Waals surface area contributed by atoms with Crippen molar-refractivity contribution in [3.8, 4) is 5.75 Å². The van der Waals surface area contributed by atoms with Gasteiger partial charge in [-0.25, -0.2) is 4.98 Å². The van der Waals surface area contributed by atoms with Gasteiger partial charge in [-0.1, -0.05) is 0 Å². The Morgan fingerprint density at radius 1 is 1.44 bits per heavy atom. The number of fused-ring (bicyclic) bond motifs is 1. The molecule has 0 saturated carbocycles. The minimum atomic E-state index is 0.131. The average molecular weight is 346 g/mol. The quantitative estimate of drug-likeness (QED) is 0.830. The van der Waals surface area contributed by atoms with E-state index in [0.717, 1.165) is 48.6 Å². The van der Waals surface area contributed by atoms with Crippen molar-refractivity contribution in [1.29, 1.82) is 0 Å². The molecule has 1 aliphatic heterocycles. The highest BCUT2D eigenvalue weighted by Crippen LogP contribution is 2.18. The highest BCUT2D eigenvalue weighted by molar-refractivity contribution is 5.77. The van der Waals surface area contributed by atoms with Crippen molar-refractivity contribution in [2.24, 2.45) is 0 Å². The summed E-state index contributed by atoms with van der Waals surface area (Å²) in [5, 5.41) is 1.90. The molecule has 0 bridgehead atoms. The van der Waals surface area contributed by atoms with Crippen LogP contribution in [0, 0.1) is 0 Å². The lowest BCUT2D eigenvalue weighted by Crippen LogP contribution is -2.35. The van der Waals surface area contributed by atoms with E-state index in [4.69, 9.17) is 9.57 Å². The van der Waals surface area contributed by atoms with Gasteiger partial charge in [0.25, 0.3) is 0 Å². The number of hydrogen-bond acceptors (Lipinski definition) is 5. The zero-order valence-corrected chi connectivity index (χ0v) is 15.0. The van der Waals surface area contributed by atoms with Crippen molar-refractivity contribution < 1.29 is 14.4 Å². The van der Waals surface area contributed by atoms with Crippen LogP contribution in [0.5, 0.6) is 5.75 Å². The molecule has 0 spiro atoms. The smallest absolute Gasteiger partial charge is 0.223 e. The number of likely N-dealkylation sites (N-methyl/N-ethyl adjacent to an activating group) is 1. The lowest BCUT2D eigenvalue weighted by Gasteiger charge is -2.26. The first kappa shape index (κ1) is 17.7. The molecule has 1 saturated heterocycles. The summed E-state index contributed by atoms with van der Waals surface area (Å²) in [5.74, 6) is 1.81. The van der Waals surface area contributed by atoms with E-state index < -0.39 is 0 Å². The predicted octanol–water partition coefficient (Wildman–Crippen LogP) is 1.99. The van der Waals surface area contributed by atoms with Crippen LogP contribution < -0.4 is 4.74 Å². The number of carbonyl (C=O) groups excluding carboxylic acids is 1. The van der Waals surface area contributed by atoms with E-state index in [-0.39, 0.29) is 5.91 Å². The first-order chi connectivity index (χ1) is 12.2. The fraction of sp³-hybridized carbons (Fsp3) is 0.556. The highest BCUT2D eigenvalue weighted by atomic mass is 16.7. The fourth-order valence-electron chi connectivity index (χ4n) is 2.92. The van der Waals surface area contributed by atoms with Crippen LogP contribution >= 0.6 is 0 Å². The number of benzene rings is 1. The Labute approximate surface area is 147 Å². The summed E-state index contributed by atoms with van der Waals surface area (Å²) in [4.78, 5) is 27.4.